The van der Waals surface area contributed by atoms with E-state index in [-0.39, 0.29) is 19.3 Å². The van der Waals surface area contributed by atoms with Gasteiger partial charge in [-0.2, -0.15) is 0 Å². The second-order valence-corrected chi connectivity index (χ2v) is 6.74. The van der Waals surface area contributed by atoms with E-state index in [1.165, 1.54) is 10.5 Å². The third-order valence-corrected chi connectivity index (χ3v) is 4.75. The molecule has 1 aliphatic rings. The summed E-state index contributed by atoms with van der Waals surface area (Å²) in [5.74, 6) is 0.747. The topological polar surface area (TPSA) is 59.0 Å². The number of hydrogen-bond acceptors (Lipinski definition) is 4. The van der Waals surface area contributed by atoms with Crippen LogP contribution in [0.25, 0.3) is 0 Å². The summed E-state index contributed by atoms with van der Waals surface area (Å²) in [6.45, 7) is 5.02. The van der Waals surface area contributed by atoms with Crippen LogP contribution in [0.1, 0.15) is 23.1 Å². The van der Waals surface area contributed by atoms with E-state index in [9.17, 15) is 9.90 Å². The minimum Gasteiger partial charge on any atom is -0.488 e. The molecule has 2 aromatic rings. The summed E-state index contributed by atoms with van der Waals surface area (Å²) in [6, 6.07) is 15.4. The number of aliphatic hydroxyl groups is 1. The number of likely N-dealkylation sites (tertiary alicyclic amines) is 1. The van der Waals surface area contributed by atoms with Gasteiger partial charge in [-0.25, -0.2) is 4.79 Å². The number of rotatable bonds is 4. The minimum absolute atomic E-state index is 0.211. The lowest BCUT2D eigenvalue weighted by Gasteiger charge is -2.35. The van der Waals surface area contributed by atoms with Crippen LogP contribution in [0.5, 0.6) is 5.75 Å². The first kappa shape index (κ1) is 18.3. The summed E-state index contributed by atoms with van der Waals surface area (Å²) in [6.07, 6.45) is -0.906. The van der Waals surface area contributed by atoms with E-state index in [1.807, 2.05) is 62.4 Å². The number of aryl methyl sites for hydroxylation is 2. The van der Waals surface area contributed by atoms with Crippen molar-refractivity contribution >= 4 is 6.09 Å². The number of aliphatic hydroxyl groups excluding tert-OH is 1. The van der Waals surface area contributed by atoms with Crippen LogP contribution in [0.2, 0.25) is 0 Å². The molecule has 2 aromatic carbocycles. The molecule has 5 heteroatoms. The zero-order valence-electron chi connectivity index (χ0n) is 15.2. The molecule has 5 nitrogen and oxygen atoms in total. The first-order chi connectivity index (χ1) is 12.5. The Morgan fingerprint density at radius 1 is 1.15 bits per heavy atom. The fraction of sp³-hybridized carbons (Fsp3) is 0.381. The first-order valence-corrected chi connectivity index (χ1v) is 8.90. The van der Waals surface area contributed by atoms with Gasteiger partial charge in [0.2, 0.25) is 0 Å². The quantitative estimate of drug-likeness (QED) is 0.913. The number of carbonyl (C=O) groups excluding carboxylic acids is 1. The van der Waals surface area contributed by atoms with Crippen molar-refractivity contribution in [3.63, 3.8) is 0 Å². The maximum Gasteiger partial charge on any atom is 0.410 e. The predicted molar refractivity (Wildman–Crippen MR) is 99.2 cm³/mol. The van der Waals surface area contributed by atoms with Gasteiger partial charge < -0.3 is 19.5 Å². The van der Waals surface area contributed by atoms with E-state index in [0.717, 1.165) is 16.9 Å². The van der Waals surface area contributed by atoms with Crippen LogP contribution in [-0.4, -0.2) is 41.4 Å². The summed E-state index contributed by atoms with van der Waals surface area (Å²) in [5, 5.41) is 10.4. The van der Waals surface area contributed by atoms with Gasteiger partial charge in [0.05, 0.1) is 6.54 Å². The largest absolute Gasteiger partial charge is 0.488 e. The van der Waals surface area contributed by atoms with Crippen LogP contribution >= 0.6 is 0 Å². The van der Waals surface area contributed by atoms with Gasteiger partial charge in [0.1, 0.15) is 24.6 Å². The third-order valence-electron chi connectivity index (χ3n) is 4.75. The molecule has 0 bridgehead atoms. The van der Waals surface area contributed by atoms with Gasteiger partial charge in [0.15, 0.2) is 0 Å². The highest BCUT2D eigenvalue weighted by molar-refractivity contribution is 5.67. The van der Waals surface area contributed by atoms with Crippen molar-refractivity contribution in [3.05, 3.63) is 65.2 Å². The van der Waals surface area contributed by atoms with Gasteiger partial charge in [-0.1, -0.05) is 36.4 Å². The Hall–Kier alpha value is -2.53. The van der Waals surface area contributed by atoms with Crippen LogP contribution < -0.4 is 4.74 Å². The Morgan fingerprint density at radius 2 is 1.92 bits per heavy atom. The molecule has 138 valence electrons. The molecule has 26 heavy (non-hydrogen) atoms. The van der Waals surface area contributed by atoms with E-state index in [1.54, 1.807) is 0 Å². The van der Waals surface area contributed by atoms with Crippen molar-refractivity contribution in [2.45, 2.75) is 39.1 Å². The van der Waals surface area contributed by atoms with E-state index in [0.29, 0.717) is 13.0 Å². The normalized spacial score (nSPS) is 19.9. The van der Waals surface area contributed by atoms with Gasteiger partial charge >= 0.3 is 6.09 Å². The number of amides is 1. The Bertz CT molecular complexity index is 747. The van der Waals surface area contributed by atoms with Crippen LogP contribution in [0, 0.1) is 13.8 Å². The molecule has 0 aromatic heterocycles. The summed E-state index contributed by atoms with van der Waals surface area (Å²) in [4.78, 5) is 13.8. The van der Waals surface area contributed by atoms with E-state index < -0.39 is 12.2 Å². The molecule has 1 amide bonds. The minimum atomic E-state index is -0.741. The summed E-state index contributed by atoms with van der Waals surface area (Å²) < 4.78 is 11.3. The number of nitrogens with zero attached hydrogens (tertiary/aromatic N) is 1. The van der Waals surface area contributed by atoms with Gasteiger partial charge in [0, 0.05) is 13.0 Å². The van der Waals surface area contributed by atoms with Crippen molar-refractivity contribution in [1.29, 1.82) is 0 Å². The lowest BCUT2D eigenvalue weighted by molar-refractivity contribution is -0.0252. The van der Waals surface area contributed by atoms with E-state index in [2.05, 4.69) is 0 Å². The van der Waals surface area contributed by atoms with Crippen molar-refractivity contribution in [1.82, 2.24) is 4.90 Å². The summed E-state index contributed by atoms with van der Waals surface area (Å²) in [7, 11) is 0. The lowest BCUT2D eigenvalue weighted by atomic mass is 10.0. The standard InChI is InChI=1S/C21H25NO4/c1-15-8-9-18(12-16(15)2)26-20-10-11-22(13-19(20)23)21(24)25-14-17-6-4-3-5-7-17/h3-9,12,19-20,23H,10-11,13-14H2,1-2H3/t19-,20+/m1/s1. The second kappa shape index (κ2) is 8.23. The average Bonchev–Trinajstić information content (AvgIpc) is 2.65. The predicted octanol–water partition coefficient (Wildman–Crippen LogP) is 3.45. The molecule has 1 aliphatic heterocycles. The van der Waals surface area contributed by atoms with Gasteiger partial charge in [-0.3, -0.25) is 0 Å². The van der Waals surface area contributed by atoms with Crippen molar-refractivity contribution in [2.75, 3.05) is 13.1 Å². The fourth-order valence-corrected chi connectivity index (χ4v) is 2.99. The molecule has 0 saturated carbocycles. The maximum absolute atomic E-state index is 12.2. The van der Waals surface area contributed by atoms with Gasteiger partial charge in [-0.15, -0.1) is 0 Å². The molecule has 0 spiro atoms. The van der Waals surface area contributed by atoms with E-state index in [4.69, 9.17) is 9.47 Å². The Labute approximate surface area is 154 Å². The number of carbonyl (C=O) groups is 1. The van der Waals surface area contributed by atoms with Crippen LogP contribution in [0.15, 0.2) is 48.5 Å². The van der Waals surface area contributed by atoms with E-state index >= 15 is 0 Å². The Balaban J connectivity index is 1.51. The summed E-state index contributed by atoms with van der Waals surface area (Å²) in [5.41, 5.74) is 3.29. The summed E-state index contributed by atoms with van der Waals surface area (Å²) >= 11 is 0. The van der Waals surface area contributed by atoms with Crippen LogP contribution in [-0.2, 0) is 11.3 Å². The number of benzene rings is 2. The van der Waals surface area contributed by atoms with Gasteiger partial charge in [-0.05, 0) is 42.7 Å². The molecule has 1 heterocycles. The molecule has 3 rings (SSSR count). The Kier molecular flexibility index (Phi) is 5.78. The zero-order valence-corrected chi connectivity index (χ0v) is 15.2. The van der Waals surface area contributed by atoms with Crippen molar-refractivity contribution in [2.24, 2.45) is 0 Å². The third kappa shape index (κ3) is 4.55. The van der Waals surface area contributed by atoms with Gasteiger partial charge in [0.25, 0.3) is 0 Å². The molecule has 0 radical (unpaired) electrons. The van der Waals surface area contributed by atoms with Crippen LogP contribution in [0.3, 0.4) is 0 Å². The molecule has 1 fully saturated rings. The average molecular weight is 355 g/mol. The van der Waals surface area contributed by atoms with Crippen LogP contribution in [0.4, 0.5) is 4.79 Å². The molecular weight excluding hydrogens is 330 g/mol. The molecule has 0 aliphatic carbocycles. The molecule has 1 N–H and O–H groups in total. The smallest absolute Gasteiger partial charge is 0.410 e. The van der Waals surface area contributed by atoms with Crippen molar-refractivity contribution < 1.29 is 19.4 Å². The molecule has 2 atom stereocenters. The lowest BCUT2D eigenvalue weighted by Crippen LogP contribution is -2.51. The highest BCUT2D eigenvalue weighted by Crippen LogP contribution is 2.22. The highest BCUT2D eigenvalue weighted by Gasteiger charge is 2.32. The monoisotopic (exact) mass is 355 g/mol. The number of ether oxygens (including phenoxy) is 2. The Morgan fingerprint density at radius 3 is 2.62 bits per heavy atom. The van der Waals surface area contributed by atoms with Crippen molar-refractivity contribution in [3.8, 4) is 5.75 Å². The fourth-order valence-electron chi connectivity index (χ4n) is 2.99. The SMILES string of the molecule is Cc1ccc(O[C@H]2CCN(C(=O)OCc3ccccc3)C[C@H]2O)cc1C. The molecular formula is C21H25NO4. The highest BCUT2D eigenvalue weighted by atomic mass is 16.6. The first-order valence-electron chi connectivity index (χ1n) is 8.90. The second-order valence-electron chi connectivity index (χ2n) is 6.74. The molecule has 1 saturated heterocycles. The molecule has 0 unspecified atom stereocenters. The number of piperidine rings is 1. The maximum atomic E-state index is 12.2. The zero-order chi connectivity index (χ0) is 18.5. The number of hydrogen-bond donors (Lipinski definition) is 1. The number of β-amino-alcohol motifs (C(OH)–C–C–N with tert-alkyl or cyclic N) is 1.